The fourth-order valence-electron chi connectivity index (χ4n) is 4.52. The summed E-state index contributed by atoms with van der Waals surface area (Å²) >= 11 is 1.65. The quantitative estimate of drug-likeness (QED) is 0.468. The number of nitrogens with zero attached hydrogens (tertiary/aromatic N) is 3. The van der Waals surface area contributed by atoms with E-state index in [1.54, 1.807) is 16.2 Å². The van der Waals surface area contributed by atoms with Gasteiger partial charge in [-0.1, -0.05) is 6.07 Å². The number of amides is 1. The van der Waals surface area contributed by atoms with Gasteiger partial charge in [-0.25, -0.2) is 0 Å². The van der Waals surface area contributed by atoms with Crippen molar-refractivity contribution < 1.29 is 22.9 Å². The van der Waals surface area contributed by atoms with Crippen molar-refractivity contribution in [2.75, 3.05) is 24.5 Å². The number of carbonyl (C=O) groups excluding carboxylic acids is 1. The summed E-state index contributed by atoms with van der Waals surface area (Å²) in [5.74, 6) is -0.0669. The van der Waals surface area contributed by atoms with E-state index in [1.807, 2.05) is 22.4 Å². The van der Waals surface area contributed by atoms with Crippen molar-refractivity contribution in [3.8, 4) is 0 Å². The van der Waals surface area contributed by atoms with Crippen molar-refractivity contribution in [3.63, 3.8) is 0 Å². The Balaban J connectivity index is 1.45. The van der Waals surface area contributed by atoms with Crippen LogP contribution in [0.3, 0.4) is 0 Å². The fourth-order valence-corrected chi connectivity index (χ4v) is 5.40. The minimum absolute atomic E-state index is 0.109. The highest BCUT2D eigenvalue weighted by atomic mass is 32.1. The standard InChI is InChI=1S/C21H22F3N3O3S/c22-21(23,24)15-5-6-16(18(13-15)27(29)30)25-10-7-14(8-11-25)20(28)26-9-1-3-17(26)19-4-2-12-31-19/h2,4-6,12-14,17H,1,3,7-11H2. The van der Waals surface area contributed by atoms with E-state index in [-0.39, 0.29) is 23.6 Å². The number of benzene rings is 1. The van der Waals surface area contributed by atoms with Crippen LogP contribution in [0.5, 0.6) is 0 Å². The van der Waals surface area contributed by atoms with Crippen molar-refractivity contribution >= 4 is 28.6 Å². The Bertz CT molecular complexity index is 957. The van der Waals surface area contributed by atoms with Crippen LogP contribution in [-0.4, -0.2) is 35.4 Å². The average Bonchev–Trinajstić information content (AvgIpc) is 3.44. The summed E-state index contributed by atoms with van der Waals surface area (Å²) < 4.78 is 38.8. The predicted molar refractivity (Wildman–Crippen MR) is 111 cm³/mol. The van der Waals surface area contributed by atoms with Gasteiger partial charge in [0.1, 0.15) is 5.69 Å². The molecule has 6 nitrogen and oxygen atoms in total. The molecule has 0 spiro atoms. The molecule has 2 aliphatic rings. The van der Waals surface area contributed by atoms with E-state index < -0.39 is 22.4 Å². The highest BCUT2D eigenvalue weighted by molar-refractivity contribution is 7.10. The second-order valence-electron chi connectivity index (χ2n) is 7.92. The smallest absolute Gasteiger partial charge is 0.366 e. The zero-order chi connectivity index (χ0) is 22.2. The maximum atomic E-state index is 13.2. The molecule has 0 aliphatic carbocycles. The van der Waals surface area contributed by atoms with Gasteiger partial charge in [0.25, 0.3) is 5.69 Å². The van der Waals surface area contributed by atoms with Gasteiger partial charge in [-0.05, 0) is 49.3 Å². The molecule has 0 radical (unpaired) electrons. The zero-order valence-corrected chi connectivity index (χ0v) is 17.5. The normalized spacial score (nSPS) is 20.3. The van der Waals surface area contributed by atoms with Crippen molar-refractivity contribution in [2.24, 2.45) is 5.92 Å². The van der Waals surface area contributed by atoms with Gasteiger partial charge in [0.2, 0.25) is 5.91 Å². The molecule has 1 aromatic heterocycles. The lowest BCUT2D eigenvalue weighted by atomic mass is 9.94. The molecule has 1 amide bonds. The molecule has 166 valence electrons. The van der Waals surface area contributed by atoms with E-state index in [1.165, 1.54) is 4.88 Å². The molecule has 0 N–H and O–H groups in total. The van der Waals surface area contributed by atoms with E-state index in [9.17, 15) is 28.1 Å². The Morgan fingerprint density at radius 1 is 1.13 bits per heavy atom. The molecule has 1 unspecified atom stereocenters. The van der Waals surface area contributed by atoms with Gasteiger partial charge in [0, 0.05) is 36.5 Å². The molecule has 4 rings (SSSR count). The Kier molecular flexibility index (Phi) is 5.92. The number of thiophene rings is 1. The number of nitro benzene ring substituents is 1. The van der Waals surface area contributed by atoms with Crippen LogP contribution in [0.4, 0.5) is 24.5 Å². The third-order valence-electron chi connectivity index (χ3n) is 6.09. The van der Waals surface area contributed by atoms with Gasteiger partial charge in [0.15, 0.2) is 0 Å². The Hall–Kier alpha value is -2.62. The van der Waals surface area contributed by atoms with Crippen LogP contribution in [0, 0.1) is 16.0 Å². The van der Waals surface area contributed by atoms with Gasteiger partial charge < -0.3 is 9.80 Å². The van der Waals surface area contributed by atoms with Crippen molar-refractivity contribution in [2.45, 2.75) is 37.9 Å². The lowest BCUT2D eigenvalue weighted by molar-refractivity contribution is -0.384. The van der Waals surface area contributed by atoms with E-state index in [2.05, 4.69) is 0 Å². The van der Waals surface area contributed by atoms with Crippen molar-refractivity contribution in [3.05, 3.63) is 56.3 Å². The van der Waals surface area contributed by atoms with Crippen LogP contribution < -0.4 is 4.90 Å². The average molecular weight is 453 g/mol. The molecule has 0 saturated carbocycles. The van der Waals surface area contributed by atoms with Crippen LogP contribution >= 0.6 is 11.3 Å². The number of likely N-dealkylation sites (tertiary alicyclic amines) is 1. The molecule has 2 aliphatic heterocycles. The first-order valence-corrected chi connectivity index (χ1v) is 11.1. The number of piperidine rings is 1. The summed E-state index contributed by atoms with van der Waals surface area (Å²) in [6.45, 7) is 1.51. The van der Waals surface area contributed by atoms with Crippen LogP contribution in [0.2, 0.25) is 0 Å². The molecular formula is C21H22F3N3O3S. The summed E-state index contributed by atoms with van der Waals surface area (Å²) in [6, 6.07) is 6.76. The van der Waals surface area contributed by atoms with Crippen molar-refractivity contribution in [1.29, 1.82) is 0 Å². The van der Waals surface area contributed by atoms with Crippen LogP contribution in [0.1, 0.15) is 42.2 Å². The summed E-state index contributed by atoms with van der Waals surface area (Å²) in [6.07, 6.45) is -1.69. The van der Waals surface area contributed by atoms with Gasteiger partial charge in [-0.3, -0.25) is 14.9 Å². The molecule has 3 heterocycles. The fraction of sp³-hybridized carbons (Fsp3) is 0.476. The van der Waals surface area contributed by atoms with E-state index in [0.29, 0.717) is 32.0 Å². The number of anilines is 1. The van der Waals surface area contributed by atoms with Gasteiger partial charge in [-0.15, -0.1) is 11.3 Å². The van der Waals surface area contributed by atoms with E-state index >= 15 is 0 Å². The van der Waals surface area contributed by atoms with Gasteiger partial charge >= 0.3 is 6.18 Å². The summed E-state index contributed by atoms with van der Waals surface area (Å²) in [4.78, 5) is 28.6. The summed E-state index contributed by atoms with van der Waals surface area (Å²) in [5.41, 5.74) is -1.43. The highest BCUT2D eigenvalue weighted by Gasteiger charge is 2.37. The first-order valence-electron chi connectivity index (χ1n) is 10.2. The molecule has 2 aromatic rings. The van der Waals surface area contributed by atoms with Crippen LogP contribution in [0.15, 0.2) is 35.7 Å². The highest BCUT2D eigenvalue weighted by Crippen LogP contribution is 2.39. The molecular weight excluding hydrogens is 431 g/mol. The second kappa shape index (κ2) is 8.49. The van der Waals surface area contributed by atoms with Crippen molar-refractivity contribution in [1.82, 2.24) is 4.90 Å². The molecule has 31 heavy (non-hydrogen) atoms. The molecule has 2 saturated heterocycles. The number of halogens is 3. The van der Waals surface area contributed by atoms with Gasteiger partial charge in [-0.2, -0.15) is 13.2 Å². The second-order valence-corrected chi connectivity index (χ2v) is 8.90. The Morgan fingerprint density at radius 3 is 2.48 bits per heavy atom. The van der Waals surface area contributed by atoms with E-state index in [4.69, 9.17) is 0 Å². The number of rotatable bonds is 4. The zero-order valence-electron chi connectivity index (χ0n) is 16.7. The topological polar surface area (TPSA) is 66.7 Å². The first kappa shape index (κ1) is 21.6. The number of nitro groups is 1. The largest absolute Gasteiger partial charge is 0.416 e. The number of carbonyl (C=O) groups is 1. The Labute approximate surface area is 181 Å². The molecule has 1 atom stereocenters. The predicted octanol–water partition coefficient (Wildman–Crippen LogP) is 5.26. The Morgan fingerprint density at radius 2 is 1.87 bits per heavy atom. The molecule has 2 fully saturated rings. The van der Waals surface area contributed by atoms with Crippen LogP contribution in [-0.2, 0) is 11.0 Å². The minimum Gasteiger partial charge on any atom is -0.366 e. The molecule has 0 bridgehead atoms. The molecule has 1 aromatic carbocycles. The maximum Gasteiger partial charge on any atom is 0.416 e. The summed E-state index contributed by atoms with van der Waals surface area (Å²) in [5, 5.41) is 13.4. The lowest BCUT2D eigenvalue weighted by Gasteiger charge is -2.35. The summed E-state index contributed by atoms with van der Waals surface area (Å²) in [7, 11) is 0. The van der Waals surface area contributed by atoms with Gasteiger partial charge in [0.05, 0.1) is 16.5 Å². The number of hydrogen-bond donors (Lipinski definition) is 0. The third-order valence-corrected chi connectivity index (χ3v) is 7.07. The minimum atomic E-state index is -4.64. The lowest BCUT2D eigenvalue weighted by Crippen LogP contribution is -2.42. The number of alkyl halides is 3. The van der Waals surface area contributed by atoms with E-state index in [0.717, 1.165) is 31.5 Å². The first-order chi connectivity index (χ1) is 14.8. The monoisotopic (exact) mass is 453 g/mol. The van der Waals surface area contributed by atoms with Crippen LogP contribution in [0.25, 0.3) is 0 Å². The number of hydrogen-bond acceptors (Lipinski definition) is 5. The molecule has 10 heteroatoms. The third kappa shape index (κ3) is 4.39. The SMILES string of the molecule is O=C(C1CCN(c2ccc(C(F)(F)F)cc2[N+](=O)[O-])CC1)N1CCCC1c1cccs1. The maximum absolute atomic E-state index is 13.2.